The number of aliphatic hydroxyl groups is 1. The Morgan fingerprint density at radius 1 is 0.703 bits per heavy atom. The van der Waals surface area contributed by atoms with Crippen molar-refractivity contribution < 1.29 is 9.90 Å². The molecule has 1 N–H and O–H groups in total. The van der Waals surface area contributed by atoms with Crippen molar-refractivity contribution in [2.45, 2.75) is 31.6 Å². The number of aliphatic hydroxyl groups excluding tert-OH is 1. The molecule has 37 heavy (non-hydrogen) atoms. The van der Waals surface area contributed by atoms with Crippen LogP contribution in [0.3, 0.4) is 0 Å². The van der Waals surface area contributed by atoms with Crippen LogP contribution in [0.4, 0.5) is 0 Å². The highest BCUT2D eigenvalue weighted by Gasteiger charge is 2.43. The fourth-order valence-electron chi connectivity index (χ4n) is 6.41. The molecule has 1 aliphatic carbocycles. The Hall–Kier alpha value is -4.01. The van der Waals surface area contributed by atoms with E-state index in [1.54, 1.807) is 0 Å². The van der Waals surface area contributed by atoms with Gasteiger partial charge in [-0.2, -0.15) is 0 Å². The number of carbonyl (C=O) groups excluding carboxylic acids is 1. The summed E-state index contributed by atoms with van der Waals surface area (Å²) in [6, 6.07) is 32.3. The highest BCUT2D eigenvalue weighted by molar-refractivity contribution is 6.25. The first-order valence-electron chi connectivity index (χ1n) is 12.9. The van der Waals surface area contributed by atoms with Gasteiger partial charge in [0.1, 0.15) is 6.29 Å². The maximum absolute atomic E-state index is 12.5. The van der Waals surface area contributed by atoms with Crippen LogP contribution in [0.1, 0.15) is 37.5 Å². The topological polar surface area (TPSA) is 37.3 Å². The molecular formula is C35H28O2. The zero-order valence-corrected chi connectivity index (χ0v) is 21.3. The second-order valence-electron chi connectivity index (χ2n) is 11.5. The molecule has 6 aromatic carbocycles. The average Bonchev–Trinajstić information content (AvgIpc) is 3.20. The van der Waals surface area contributed by atoms with E-state index in [0.717, 1.165) is 39.7 Å². The van der Waals surface area contributed by atoms with Gasteiger partial charge in [-0.3, -0.25) is 0 Å². The van der Waals surface area contributed by atoms with Gasteiger partial charge in [-0.25, -0.2) is 0 Å². The van der Waals surface area contributed by atoms with E-state index < -0.39 is 5.41 Å². The monoisotopic (exact) mass is 480 g/mol. The lowest BCUT2D eigenvalue weighted by Crippen LogP contribution is -2.31. The molecule has 180 valence electrons. The molecule has 6 aromatic rings. The van der Waals surface area contributed by atoms with Crippen molar-refractivity contribution >= 4 is 38.6 Å². The van der Waals surface area contributed by atoms with Gasteiger partial charge in [-0.1, -0.05) is 106 Å². The minimum Gasteiger partial charge on any atom is -0.395 e. The van der Waals surface area contributed by atoms with Gasteiger partial charge in [0.05, 0.1) is 12.0 Å². The Morgan fingerprint density at radius 3 is 2.08 bits per heavy atom. The lowest BCUT2D eigenvalue weighted by molar-refractivity contribution is -0.112. The maximum Gasteiger partial charge on any atom is 0.137 e. The summed E-state index contributed by atoms with van der Waals surface area (Å²) in [6.45, 7) is 6.53. The largest absolute Gasteiger partial charge is 0.395 e. The third kappa shape index (κ3) is 2.94. The second kappa shape index (κ2) is 7.50. The predicted molar refractivity (Wildman–Crippen MR) is 154 cm³/mol. The maximum atomic E-state index is 12.5. The van der Waals surface area contributed by atoms with Crippen molar-refractivity contribution in [2.24, 2.45) is 0 Å². The number of fused-ring (bicyclic) bond motifs is 3. The fraction of sp³-hybridized carbons (Fsp3) is 0.171. The number of hydrogen-bond donors (Lipinski definition) is 1. The SMILES string of the molecule is CC(C)(C)c1cc2ccc3ccc(-c4ccc5c(c4)C(C=O)(CO)c4ccccc4-5)c4ccc(c1)c2c34. The molecule has 7 rings (SSSR count). The second-order valence-corrected chi connectivity index (χ2v) is 11.5. The van der Waals surface area contributed by atoms with Gasteiger partial charge in [0.2, 0.25) is 0 Å². The summed E-state index contributed by atoms with van der Waals surface area (Å²) in [4.78, 5) is 12.5. The minimum absolute atomic E-state index is 0.0788. The van der Waals surface area contributed by atoms with Crippen molar-refractivity contribution in [1.82, 2.24) is 0 Å². The van der Waals surface area contributed by atoms with Gasteiger partial charge in [-0.05, 0) is 82.7 Å². The highest BCUT2D eigenvalue weighted by atomic mass is 16.3. The van der Waals surface area contributed by atoms with Crippen LogP contribution in [-0.2, 0) is 15.6 Å². The number of rotatable bonds is 3. The van der Waals surface area contributed by atoms with E-state index in [1.807, 2.05) is 24.3 Å². The quantitative estimate of drug-likeness (QED) is 0.206. The van der Waals surface area contributed by atoms with Crippen molar-refractivity contribution in [2.75, 3.05) is 6.61 Å². The molecule has 2 heteroatoms. The van der Waals surface area contributed by atoms with Gasteiger partial charge in [-0.15, -0.1) is 0 Å². The van der Waals surface area contributed by atoms with Gasteiger partial charge in [0, 0.05) is 0 Å². The van der Waals surface area contributed by atoms with Crippen molar-refractivity contribution in [3.63, 3.8) is 0 Å². The van der Waals surface area contributed by atoms with Crippen molar-refractivity contribution in [3.05, 3.63) is 108 Å². The zero-order chi connectivity index (χ0) is 25.5. The first-order chi connectivity index (χ1) is 17.9. The molecule has 0 saturated heterocycles. The molecule has 0 amide bonds. The molecule has 0 heterocycles. The number of benzene rings is 6. The van der Waals surface area contributed by atoms with E-state index in [9.17, 15) is 9.90 Å². The summed E-state index contributed by atoms with van der Waals surface area (Å²) < 4.78 is 0. The van der Waals surface area contributed by atoms with E-state index in [4.69, 9.17) is 0 Å². The van der Waals surface area contributed by atoms with Crippen LogP contribution in [0, 0.1) is 0 Å². The van der Waals surface area contributed by atoms with E-state index in [1.165, 1.54) is 37.9 Å². The first kappa shape index (κ1) is 22.2. The number of hydrogen-bond acceptors (Lipinski definition) is 2. The van der Waals surface area contributed by atoms with Gasteiger partial charge in [0.15, 0.2) is 0 Å². The van der Waals surface area contributed by atoms with Crippen LogP contribution in [-0.4, -0.2) is 18.0 Å². The van der Waals surface area contributed by atoms with Crippen LogP contribution < -0.4 is 0 Å². The fourth-order valence-corrected chi connectivity index (χ4v) is 6.41. The van der Waals surface area contributed by atoms with Gasteiger partial charge in [0.25, 0.3) is 0 Å². The number of aldehydes is 1. The third-order valence-electron chi connectivity index (χ3n) is 8.42. The van der Waals surface area contributed by atoms with Crippen LogP contribution in [0.25, 0.3) is 54.6 Å². The molecular weight excluding hydrogens is 452 g/mol. The van der Waals surface area contributed by atoms with Crippen molar-refractivity contribution in [3.8, 4) is 22.3 Å². The Kier molecular flexibility index (Phi) is 4.50. The van der Waals surface area contributed by atoms with Crippen LogP contribution in [0.2, 0.25) is 0 Å². The summed E-state index contributed by atoms with van der Waals surface area (Å²) in [7, 11) is 0. The number of carbonyl (C=O) groups is 1. The predicted octanol–water partition coefficient (Wildman–Crippen LogP) is 8.01. The first-order valence-corrected chi connectivity index (χ1v) is 12.9. The van der Waals surface area contributed by atoms with Gasteiger partial charge < -0.3 is 9.90 Å². The Morgan fingerprint density at radius 2 is 1.35 bits per heavy atom. The van der Waals surface area contributed by atoms with Crippen LogP contribution in [0.5, 0.6) is 0 Å². The summed E-state index contributed by atoms with van der Waals surface area (Å²) >= 11 is 0. The van der Waals surface area contributed by atoms with E-state index in [2.05, 4.69) is 87.5 Å². The Balaban J connectivity index is 1.49. The minimum atomic E-state index is -1.03. The zero-order valence-electron chi connectivity index (χ0n) is 21.3. The van der Waals surface area contributed by atoms with Crippen molar-refractivity contribution in [1.29, 1.82) is 0 Å². The molecule has 0 bridgehead atoms. The Bertz CT molecular complexity index is 1850. The molecule has 2 nitrogen and oxygen atoms in total. The standard InChI is InChI=1S/C35H28O2/c1-34(2,3)25-16-23-9-8-21-10-13-26(29-15-12-24(17-25)32(23)33(21)29)22-11-14-28-27-6-4-5-7-30(27)35(19-36,20-37)31(28)18-22/h4-19,37H,20H2,1-3H3. The van der Waals surface area contributed by atoms with E-state index in [0.29, 0.717) is 0 Å². The highest BCUT2D eigenvalue weighted by Crippen LogP contribution is 2.49. The van der Waals surface area contributed by atoms with Crippen LogP contribution in [0.15, 0.2) is 91.0 Å². The summed E-state index contributed by atoms with van der Waals surface area (Å²) in [6.07, 6.45) is 0.915. The van der Waals surface area contributed by atoms with E-state index in [-0.39, 0.29) is 12.0 Å². The molecule has 0 fully saturated rings. The van der Waals surface area contributed by atoms with E-state index >= 15 is 0 Å². The lowest BCUT2D eigenvalue weighted by atomic mass is 9.79. The molecule has 1 unspecified atom stereocenters. The smallest absolute Gasteiger partial charge is 0.137 e. The summed E-state index contributed by atoms with van der Waals surface area (Å²) in [5.41, 5.74) is 6.38. The molecule has 0 aromatic heterocycles. The lowest BCUT2D eigenvalue weighted by Gasteiger charge is -2.23. The molecule has 0 radical (unpaired) electrons. The molecule has 1 aliphatic rings. The normalized spacial score (nSPS) is 17.0. The average molecular weight is 481 g/mol. The van der Waals surface area contributed by atoms with Crippen LogP contribution >= 0.6 is 0 Å². The third-order valence-corrected chi connectivity index (χ3v) is 8.42. The summed E-state index contributed by atoms with van der Waals surface area (Å²) in [5.74, 6) is 0. The molecule has 0 aliphatic heterocycles. The molecule has 0 spiro atoms. The summed E-state index contributed by atoms with van der Waals surface area (Å²) in [5, 5.41) is 18.0. The molecule has 1 atom stereocenters. The van der Waals surface area contributed by atoms with Gasteiger partial charge >= 0.3 is 0 Å². The molecule has 0 saturated carbocycles. The Labute approximate surface area is 216 Å².